The summed E-state index contributed by atoms with van der Waals surface area (Å²) < 4.78 is 5.57. The molecule has 1 N–H and O–H groups in total. The zero-order valence-corrected chi connectivity index (χ0v) is 14.8. The van der Waals surface area contributed by atoms with Gasteiger partial charge >= 0.3 is 0 Å². The third kappa shape index (κ3) is 4.08. The molecule has 2 aromatic carbocycles. The molecule has 0 spiro atoms. The van der Waals surface area contributed by atoms with E-state index in [-0.39, 0.29) is 30.3 Å². The van der Waals surface area contributed by atoms with Crippen LogP contribution >= 0.6 is 0 Å². The van der Waals surface area contributed by atoms with Crippen molar-refractivity contribution in [2.45, 2.75) is 13.3 Å². The van der Waals surface area contributed by atoms with E-state index in [0.29, 0.717) is 23.7 Å². The molecule has 0 bridgehead atoms. The minimum atomic E-state index is -1.28. The van der Waals surface area contributed by atoms with E-state index in [1.54, 1.807) is 17.0 Å². The molecule has 3 rings (SSSR count). The van der Waals surface area contributed by atoms with E-state index in [9.17, 15) is 19.5 Å². The fourth-order valence-electron chi connectivity index (χ4n) is 3.01. The summed E-state index contributed by atoms with van der Waals surface area (Å²) in [6.45, 7) is 2.60. The molecule has 1 aliphatic rings. The second-order valence-corrected chi connectivity index (χ2v) is 6.16. The second kappa shape index (κ2) is 7.90. The van der Waals surface area contributed by atoms with Crippen molar-refractivity contribution in [3.63, 3.8) is 0 Å². The van der Waals surface area contributed by atoms with Gasteiger partial charge in [0.2, 0.25) is 11.8 Å². The average molecular weight is 367 g/mol. The Labute approximate surface area is 156 Å². The van der Waals surface area contributed by atoms with Gasteiger partial charge in [-0.15, -0.1) is 0 Å². The summed E-state index contributed by atoms with van der Waals surface area (Å²) in [6.07, 6.45) is 0.101. The summed E-state index contributed by atoms with van der Waals surface area (Å²) in [6, 6.07) is 12.9. The minimum absolute atomic E-state index is 0.0303. The molecular weight excluding hydrogens is 348 g/mol. The van der Waals surface area contributed by atoms with Crippen LogP contribution in [0.15, 0.2) is 48.5 Å². The lowest BCUT2D eigenvalue weighted by Crippen LogP contribution is -2.28. The molecule has 2 amide bonds. The van der Waals surface area contributed by atoms with Gasteiger partial charge in [-0.05, 0) is 36.8 Å². The number of nitrogens with one attached hydrogen (secondary N) is 1. The molecular formula is C20H19N2O5-. The summed E-state index contributed by atoms with van der Waals surface area (Å²) in [5.74, 6) is -1.62. The van der Waals surface area contributed by atoms with Crippen molar-refractivity contribution in [3.8, 4) is 5.75 Å². The number of nitrogens with zero attached hydrogens (tertiary/aromatic N) is 1. The maximum atomic E-state index is 12.5. The topological polar surface area (TPSA) is 98.8 Å². The Morgan fingerprint density at radius 3 is 2.56 bits per heavy atom. The Hall–Kier alpha value is -3.35. The van der Waals surface area contributed by atoms with Gasteiger partial charge in [-0.2, -0.15) is 0 Å². The number of hydrogen-bond acceptors (Lipinski definition) is 5. The molecule has 0 unspecified atom stereocenters. The van der Waals surface area contributed by atoms with Gasteiger partial charge in [0.05, 0.1) is 24.2 Å². The zero-order chi connectivity index (χ0) is 19.4. The Balaban J connectivity index is 1.70. The van der Waals surface area contributed by atoms with Crippen LogP contribution in [0.2, 0.25) is 0 Å². The van der Waals surface area contributed by atoms with E-state index < -0.39 is 11.9 Å². The van der Waals surface area contributed by atoms with Gasteiger partial charge in [-0.3, -0.25) is 9.59 Å². The highest BCUT2D eigenvalue weighted by Gasteiger charge is 2.36. The number of carbonyl (C=O) groups excluding carboxylic acids is 3. The summed E-state index contributed by atoms with van der Waals surface area (Å²) in [5, 5.41) is 13.5. The fourth-order valence-corrected chi connectivity index (χ4v) is 3.01. The van der Waals surface area contributed by atoms with E-state index in [2.05, 4.69) is 5.32 Å². The van der Waals surface area contributed by atoms with Crippen LogP contribution < -0.4 is 20.1 Å². The summed E-state index contributed by atoms with van der Waals surface area (Å²) in [7, 11) is 0. The number of para-hydroxylation sites is 2. The molecule has 1 fully saturated rings. The molecule has 0 radical (unpaired) electrons. The number of aromatic carboxylic acids is 1. The van der Waals surface area contributed by atoms with Gasteiger partial charge in [0.25, 0.3) is 0 Å². The molecule has 140 valence electrons. The van der Waals surface area contributed by atoms with Crippen LogP contribution in [0.5, 0.6) is 5.75 Å². The quantitative estimate of drug-likeness (QED) is 0.833. The van der Waals surface area contributed by atoms with Crippen LogP contribution in [0.4, 0.5) is 11.4 Å². The van der Waals surface area contributed by atoms with Crippen LogP contribution in [-0.4, -0.2) is 30.9 Å². The first-order valence-corrected chi connectivity index (χ1v) is 8.64. The maximum Gasteiger partial charge on any atom is 0.229 e. The zero-order valence-electron chi connectivity index (χ0n) is 14.8. The van der Waals surface area contributed by atoms with Gasteiger partial charge in [-0.25, -0.2) is 0 Å². The lowest BCUT2D eigenvalue weighted by Gasteiger charge is -2.20. The van der Waals surface area contributed by atoms with Gasteiger partial charge in [-0.1, -0.05) is 24.3 Å². The smallest absolute Gasteiger partial charge is 0.229 e. The van der Waals surface area contributed by atoms with Crippen LogP contribution in [0.25, 0.3) is 0 Å². The number of rotatable bonds is 6. The molecule has 0 aliphatic carbocycles. The summed E-state index contributed by atoms with van der Waals surface area (Å²) in [5.41, 5.74) is 1.14. The third-order valence-electron chi connectivity index (χ3n) is 4.34. The van der Waals surface area contributed by atoms with Gasteiger partial charge < -0.3 is 24.9 Å². The number of hydrogen-bond donors (Lipinski definition) is 1. The van der Waals surface area contributed by atoms with Crippen molar-refractivity contribution in [2.24, 2.45) is 5.92 Å². The monoisotopic (exact) mass is 367 g/mol. The van der Waals surface area contributed by atoms with Crippen LogP contribution in [0.3, 0.4) is 0 Å². The number of ether oxygens (including phenoxy) is 1. The van der Waals surface area contributed by atoms with E-state index >= 15 is 0 Å². The Kier molecular flexibility index (Phi) is 5.40. The minimum Gasteiger partial charge on any atom is -0.545 e. The van der Waals surface area contributed by atoms with Crippen LogP contribution in [-0.2, 0) is 9.59 Å². The number of carboxylic acid groups (broad SMARTS) is 1. The average Bonchev–Trinajstić information content (AvgIpc) is 3.05. The Morgan fingerprint density at radius 1 is 1.19 bits per heavy atom. The molecule has 0 saturated carbocycles. The van der Waals surface area contributed by atoms with Crippen molar-refractivity contribution < 1.29 is 24.2 Å². The van der Waals surface area contributed by atoms with E-state index in [0.717, 1.165) is 0 Å². The van der Waals surface area contributed by atoms with E-state index in [1.807, 2.05) is 19.1 Å². The molecule has 1 saturated heterocycles. The normalized spacial score (nSPS) is 16.3. The predicted molar refractivity (Wildman–Crippen MR) is 97.5 cm³/mol. The lowest BCUT2D eigenvalue weighted by atomic mass is 10.1. The van der Waals surface area contributed by atoms with Gasteiger partial charge in [0, 0.05) is 18.7 Å². The maximum absolute atomic E-state index is 12.5. The number of carboxylic acids is 1. The molecule has 2 aromatic rings. The van der Waals surface area contributed by atoms with E-state index in [4.69, 9.17) is 4.74 Å². The summed E-state index contributed by atoms with van der Waals surface area (Å²) in [4.78, 5) is 37.3. The molecule has 1 heterocycles. The van der Waals surface area contributed by atoms with Gasteiger partial charge in [0.15, 0.2) is 0 Å². The molecule has 0 aromatic heterocycles. The van der Waals surface area contributed by atoms with Crippen LogP contribution in [0, 0.1) is 5.92 Å². The molecule has 1 atom stereocenters. The third-order valence-corrected chi connectivity index (χ3v) is 4.34. The first-order chi connectivity index (χ1) is 13.0. The van der Waals surface area contributed by atoms with Crippen molar-refractivity contribution in [1.29, 1.82) is 0 Å². The van der Waals surface area contributed by atoms with Crippen molar-refractivity contribution in [2.75, 3.05) is 23.4 Å². The lowest BCUT2D eigenvalue weighted by molar-refractivity contribution is -0.255. The highest BCUT2D eigenvalue weighted by Crippen LogP contribution is 2.33. The fraction of sp³-hybridized carbons (Fsp3) is 0.250. The first-order valence-electron chi connectivity index (χ1n) is 8.64. The molecule has 27 heavy (non-hydrogen) atoms. The first kappa shape index (κ1) is 18.4. The summed E-state index contributed by atoms with van der Waals surface area (Å²) >= 11 is 0. The Bertz CT molecular complexity index is 863. The van der Waals surface area contributed by atoms with Crippen LogP contribution in [0.1, 0.15) is 23.7 Å². The standard InChI is InChI=1S/C20H20N2O5/c1-2-27-17-6-4-3-5-16(17)22-12-14(11-18(22)23)19(24)21-15-9-7-13(8-10-15)20(25)26/h3-10,14H,2,11-12H2,1H3,(H,21,24)(H,25,26)/p-1/t14-/m1/s1. The molecule has 7 nitrogen and oxygen atoms in total. The van der Waals surface area contributed by atoms with Crippen molar-refractivity contribution in [3.05, 3.63) is 54.1 Å². The SMILES string of the molecule is CCOc1ccccc1N1C[C@H](C(=O)Nc2ccc(C(=O)[O-])cc2)CC1=O. The highest BCUT2D eigenvalue weighted by atomic mass is 16.5. The number of anilines is 2. The van der Waals surface area contributed by atoms with Gasteiger partial charge in [0.1, 0.15) is 5.75 Å². The largest absolute Gasteiger partial charge is 0.545 e. The predicted octanol–water partition coefficient (Wildman–Crippen LogP) is 1.44. The van der Waals surface area contributed by atoms with Crippen molar-refractivity contribution >= 4 is 29.2 Å². The number of benzene rings is 2. The molecule has 1 aliphatic heterocycles. The Morgan fingerprint density at radius 2 is 1.89 bits per heavy atom. The molecule has 7 heteroatoms. The second-order valence-electron chi connectivity index (χ2n) is 6.16. The van der Waals surface area contributed by atoms with Crippen molar-refractivity contribution in [1.82, 2.24) is 0 Å². The van der Waals surface area contributed by atoms with E-state index in [1.165, 1.54) is 24.3 Å². The number of carbonyl (C=O) groups is 3. The highest BCUT2D eigenvalue weighted by molar-refractivity contribution is 6.04. The number of amides is 2.